The molecule has 0 radical (unpaired) electrons. The molecule has 1 aliphatic carbocycles. The summed E-state index contributed by atoms with van der Waals surface area (Å²) in [6.07, 6.45) is 3.90. The maximum Gasteiger partial charge on any atom is 0.227 e. The molecule has 5 heteroatoms. The van der Waals surface area contributed by atoms with Crippen molar-refractivity contribution >= 4 is 5.91 Å². The fourth-order valence-corrected chi connectivity index (χ4v) is 4.73. The topological polar surface area (TPSA) is 73.6 Å². The number of benzene rings is 2. The maximum atomic E-state index is 12.9. The average Bonchev–Trinajstić information content (AvgIpc) is 3.34. The Bertz CT molecular complexity index is 1040. The lowest BCUT2D eigenvalue weighted by Gasteiger charge is -2.52. The first-order chi connectivity index (χ1) is 15.2. The van der Waals surface area contributed by atoms with Gasteiger partial charge in [-0.25, -0.2) is 0 Å². The minimum Gasteiger partial charge on any atom is -0.497 e. The molecule has 1 saturated carbocycles. The van der Waals surface area contributed by atoms with Crippen molar-refractivity contribution in [1.82, 2.24) is 4.90 Å². The number of aliphatic hydroxyl groups excluding tert-OH is 1. The quantitative estimate of drug-likeness (QED) is 0.778. The normalized spacial score (nSPS) is 22.7. The number of carbonyl (C=O) groups excluding carboxylic acids is 1. The highest BCUT2D eigenvalue weighted by molar-refractivity contribution is 5.82. The molecule has 1 aliphatic heterocycles. The standard InChI is InChI=1S/C26H26N2O3/c1-31-22-8-4-5-19(15-22)10-9-18-11-13-20(14-12-18)25-23(16-27)28(24(25)17-29)26(30)21-6-2-3-7-21/h4-5,8,11-15,21,23-25,29H,2-3,6-7,17H2,1H3/t23-,24-,25+/m0/s1. The fourth-order valence-electron chi connectivity index (χ4n) is 4.73. The molecule has 2 aromatic rings. The Labute approximate surface area is 183 Å². The van der Waals surface area contributed by atoms with Crippen molar-refractivity contribution in [3.05, 3.63) is 65.2 Å². The Balaban J connectivity index is 1.50. The van der Waals surface area contributed by atoms with Crippen LogP contribution in [0, 0.1) is 29.1 Å². The number of aliphatic hydroxyl groups is 1. The van der Waals surface area contributed by atoms with E-state index < -0.39 is 6.04 Å². The third kappa shape index (κ3) is 4.15. The Kier molecular flexibility index (Phi) is 6.26. The van der Waals surface area contributed by atoms with Gasteiger partial charge in [0.15, 0.2) is 0 Å². The molecule has 158 valence electrons. The van der Waals surface area contributed by atoms with Crippen molar-refractivity contribution in [2.75, 3.05) is 13.7 Å². The van der Waals surface area contributed by atoms with Gasteiger partial charge in [-0.3, -0.25) is 4.79 Å². The maximum absolute atomic E-state index is 12.9. The van der Waals surface area contributed by atoms with Crippen LogP contribution in [0.3, 0.4) is 0 Å². The Morgan fingerprint density at radius 2 is 1.84 bits per heavy atom. The van der Waals surface area contributed by atoms with Crippen molar-refractivity contribution in [1.29, 1.82) is 5.26 Å². The van der Waals surface area contributed by atoms with Gasteiger partial charge in [-0.15, -0.1) is 0 Å². The average molecular weight is 415 g/mol. The number of rotatable bonds is 4. The smallest absolute Gasteiger partial charge is 0.227 e. The lowest BCUT2D eigenvalue weighted by molar-refractivity contribution is -0.151. The third-order valence-corrected chi connectivity index (χ3v) is 6.41. The molecule has 0 unspecified atom stereocenters. The molecule has 1 saturated heterocycles. The predicted octanol–water partition coefficient (Wildman–Crippen LogP) is 3.46. The first-order valence-corrected chi connectivity index (χ1v) is 10.7. The molecule has 4 rings (SSSR count). The summed E-state index contributed by atoms with van der Waals surface area (Å²) in [5, 5.41) is 19.7. The second kappa shape index (κ2) is 9.25. The van der Waals surface area contributed by atoms with Crippen LogP contribution in [-0.4, -0.2) is 41.7 Å². The second-order valence-electron chi connectivity index (χ2n) is 8.18. The highest BCUT2D eigenvalue weighted by atomic mass is 16.5. The Morgan fingerprint density at radius 3 is 2.48 bits per heavy atom. The van der Waals surface area contributed by atoms with E-state index in [4.69, 9.17) is 4.74 Å². The van der Waals surface area contributed by atoms with Gasteiger partial charge in [0.05, 0.1) is 25.8 Å². The predicted molar refractivity (Wildman–Crippen MR) is 117 cm³/mol. The molecule has 1 heterocycles. The van der Waals surface area contributed by atoms with E-state index in [0.29, 0.717) is 0 Å². The zero-order valence-electron chi connectivity index (χ0n) is 17.6. The van der Waals surface area contributed by atoms with E-state index in [2.05, 4.69) is 17.9 Å². The molecule has 5 nitrogen and oxygen atoms in total. The largest absolute Gasteiger partial charge is 0.497 e. The van der Waals surface area contributed by atoms with Crippen LogP contribution in [0.15, 0.2) is 48.5 Å². The minimum atomic E-state index is -0.529. The summed E-state index contributed by atoms with van der Waals surface area (Å²) in [5.41, 5.74) is 2.68. The number of hydrogen-bond acceptors (Lipinski definition) is 4. The Hall–Kier alpha value is -3.28. The van der Waals surface area contributed by atoms with Gasteiger partial charge in [-0.1, -0.05) is 42.9 Å². The molecule has 1 amide bonds. The summed E-state index contributed by atoms with van der Waals surface area (Å²) in [4.78, 5) is 14.5. The van der Waals surface area contributed by atoms with Gasteiger partial charge >= 0.3 is 0 Å². The van der Waals surface area contributed by atoms with Crippen LogP contribution in [0.25, 0.3) is 0 Å². The highest BCUT2D eigenvalue weighted by Crippen LogP contribution is 2.42. The van der Waals surface area contributed by atoms with Gasteiger partial charge < -0.3 is 14.7 Å². The molecule has 31 heavy (non-hydrogen) atoms. The number of carbonyl (C=O) groups is 1. The van der Waals surface area contributed by atoms with E-state index in [1.807, 2.05) is 48.5 Å². The zero-order chi connectivity index (χ0) is 21.8. The number of methoxy groups -OCH3 is 1. The molecule has 0 bridgehead atoms. The van der Waals surface area contributed by atoms with E-state index in [-0.39, 0.29) is 30.4 Å². The number of likely N-dealkylation sites (tertiary alicyclic amines) is 1. The summed E-state index contributed by atoms with van der Waals surface area (Å²) in [6.45, 7) is -0.140. The lowest BCUT2D eigenvalue weighted by atomic mass is 9.75. The minimum absolute atomic E-state index is 0.000103. The van der Waals surface area contributed by atoms with E-state index in [1.54, 1.807) is 12.0 Å². The van der Waals surface area contributed by atoms with Gasteiger partial charge in [-0.2, -0.15) is 5.26 Å². The van der Waals surface area contributed by atoms with E-state index in [0.717, 1.165) is 48.1 Å². The van der Waals surface area contributed by atoms with E-state index in [1.165, 1.54) is 0 Å². The number of nitrogens with zero attached hydrogens (tertiary/aromatic N) is 2. The number of nitriles is 1. The van der Waals surface area contributed by atoms with Crippen molar-refractivity contribution in [2.45, 2.75) is 43.7 Å². The van der Waals surface area contributed by atoms with Crippen LogP contribution in [-0.2, 0) is 4.79 Å². The molecule has 0 aromatic heterocycles. The SMILES string of the molecule is COc1cccc(C#Cc2ccc([C@@H]3[C@H](C#N)N(C(=O)C4CCCC4)[C@H]3CO)cc2)c1. The lowest BCUT2D eigenvalue weighted by Crippen LogP contribution is -2.66. The number of hydrogen-bond donors (Lipinski definition) is 1. The van der Waals surface area contributed by atoms with Crippen molar-refractivity contribution in [3.63, 3.8) is 0 Å². The third-order valence-electron chi connectivity index (χ3n) is 6.41. The van der Waals surface area contributed by atoms with Gasteiger partial charge in [-0.05, 0) is 48.7 Å². The highest BCUT2D eigenvalue weighted by Gasteiger charge is 2.52. The van der Waals surface area contributed by atoms with Gasteiger partial charge in [0.2, 0.25) is 5.91 Å². The molecule has 0 spiro atoms. The van der Waals surface area contributed by atoms with Gasteiger partial charge in [0.1, 0.15) is 11.8 Å². The van der Waals surface area contributed by atoms with Crippen LogP contribution in [0.4, 0.5) is 0 Å². The first-order valence-electron chi connectivity index (χ1n) is 10.7. The van der Waals surface area contributed by atoms with Crippen LogP contribution in [0.2, 0.25) is 0 Å². The number of amides is 1. The molecule has 3 atom stereocenters. The monoisotopic (exact) mass is 414 g/mol. The first kappa shape index (κ1) is 21.0. The fraction of sp³-hybridized carbons (Fsp3) is 0.385. The van der Waals surface area contributed by atoms with Crippen LogP contribution >= 0.6 is 0 Å². The molecule has 2 aromatic carbocycles. The zero-order valence-corrected chi connectivity index (χ0v) is 17.6. The number of ether oxygens (including phenoxy) is 1. The molecule has 2 aliphatic rings. The summed E-state index contributed by atoms with van der Waals surface area (Å²) in [5.74, 6) is 6.89. The summed E-state index contributed by atoms with van der Waals surface area (Å²) >= 11 is 0. The van der Waals surface area contributed by atoms with E-state index >= 15 is 0 Å². The molecular formula is C26H26N2O3. The molecular weight excluding hydrogens is 388 g/mol. The van der Waals surface area contributed by atoms with Crippen molar-refractivity contribution < 1.29 is 14.6 Å². The van der Waals surface area contributed by atoms with E-state index in [9.17, 15) is 15.2 Å². The van der Waals surface area contributed by atoms with Crippen molar-refractivity contribution in [2.24, 2.45) is 5.92 Å². The van der Waals surface area contributed by atoms with Crippen LogP contribution in [0.1, 0.15) is 48.3 Å². The van der Waals surface area contributed by atoms with Crippen LogP contribution < -0.4 is 4.74 Å². The van der Waals surface area contributed by atoms with Crippen LogP contribution in [0.5, 0.6) is 5.75 Å². The van der Waals surface area contributed by atoms with Crippen molar-refractivity contribution in [3.8, 4) is 23.7 Å². The Morgan fingerprint density at radius 1 is 1.13 bits per heavy atom. The second-order valence-corrected chi connectivity index (χ2v) is 8.18. The van der Waals surface area contributed by atoms with Gasteiger partial charge in [0, 0.05) is 23.0 Å². The molecule has 2 fully saturated rings. The summed E-state index contributed by atoms with van der Waals surface area (Å²) in [6, 6.07) is 16.8. The summed E-state index contributed by atoms with van der Waals surface area (Å²) in [7, 11) is 1.63. The summed E-state index contributed by atoms with van der Waals surface area (Å²) < 4.78 is 5.22. The van der Waals surface area contributed by atoms with Gasteiger partial charge in [0.25, 0.3) is 0 Å². The molecule has 1 N–H and O–H groups in total.